The van der Waals surface area contributed by atoms with Gasteiger partial charge in [-0.2, -0.15) is 0 Å². The smallest absolute Gasteiger partial charge is 0.122 e. The highest BCUT2D eigenvalue weighted by Gasteiger charge is 2.22. The third-order valence-corrected chi connectivity index (χ3v) is 3.64. The van der Waals surface area contributed by atoms with E-state index in [4.69, 9.17) is 10.5 Å². The number of hydrogen-bond acceptors (Lipinski definition) is 2. The topological polar surface area (TPSA) is 35.2 Å². The molecule has 1 aromatic rings. The standard InChI is InChI=1S/C15H23NO/c1-2-12-8-6-7-10-14(12)17-15-11-5-3-4-9-13(15)16/h6-8,10,13,15H,2-5,9,11,16H2,1H3. The Morgan fingerprint density at radius 3 is 2.76 bits per heavy atom. The number of rotatable bonds is 3. The monoisotopic (exact) mass is 233 g/mol. The van der Waals surface area contributed by atoms with Crippen LogP contribution in [0.1, 0.15) is 44.6 Å². The lowest BCUT2D eigenvalue weighted by atomic mass is 10.1. The summed E-state index contributed by atoms with van der Waals surface area (Å²) in [5, 5.41) is 0. The Kier molecular flexibility index (Phi) is 4.43. The normalized spacial score (nSPS) is 25.3. The number of ether oxygens (including phenoxy) is 1. The maximum absolute atomic E-state index is 6.19. The van der Waals surface area contributed by atoms with Gasteiger partial charge in [0.1, 0.15) is 11.9 Å². The molecule has 0 radical (unpaired) electrons. The zero-order valence-electron chi connectivity index (χ0n) is 10.7. The first-order valence-electron chi connectivity index (χ1n) is 6.81. The molecular formula is C15H23NO. The molecule has 94 valence electrons. The lowest BCUT2D eigenvalue weighted by Gasteiger charge is -2.24. The van der Waals surface area contributed by atoms with E-state index in [0.29, 0.717) is 0 Å². The summed E-state index contributed by atoms with van der Waals surface area (Å²) in [6, 6.07) is 8.51. The molecule has 0 bridgehead atoms. The minimum atomic E-state index is 0.197. The summed E-state index contributed by atoms with van der Waals surface area (Å²) < 4.78 is 6.14. The molecule has 1 fully saturated rings. The van der Waals surface area contributed by atoms with Crippen LogP contribution < -0.4 is 10.5 Å². The van der Waals surface area contributed by atoms with Gasteiger partial charge in [-0.05, 0) is 37.3 Å². The van der Waals surface area contributed by atoms with Crippen molar-refractivity contribution >= 4 is 0 Å². The van der Waals surface area contributed by atoms with E-state index in [0.717, 1.165) is 25.0 Å². The lowest BCUT2D eigenvalue weighted by Crippen LogP contribution is -2.38. The van der Waals surface area contributed by atoms with Crippen LogP contribution in [0.15, 0.2) is 24.3 Å². The molecule has 2 rings (SSSR count). The Labute approximate surface area is 104 Å². The number of aryl methyl sites for hydroxylation is 1. The van der Waals surface area contributed by atoms with E-state index in [9.17, 15) is 0 Å². The fraction of sp³-hybridized carbons (Fsp3) is 0.600. The molecule has 1 aliphatic rings. The summed E-state index contributed by atoms with van der Waals surface area (Å²) in [5.41, 5.74) is 7.47. The molecular weight excluding hydrogens is 210 g/mol. The van der Waals surface area contributed by atoms with Crippen molar-refractivity contribution < 1.29 is 4.74 Å². The number of para-hydroxylation sites is 1. The second-order valence-electron chi connectivity index (χ2n) is 4.92. The molecule has 2 nitrogen and oxygen atoms in total. The van der Waals surface area contributed by atoms with Crippen molar-refractivity contribution in [3.63, 3.8) is 0 Å². The highest BCUT2D eigenvalue weighted by atomic mass is 16.5. The van der Waals surface area contributed by atoms with Gasteiger partial charge in [-0.15, -0.1) is 0 Å². The Bertz CT molecular complexity index is 351. The van der Waals surface area contributed by atoms with Crippen LogP contribution in [0.2, 0.25) is 0 Å². The van der Waals surface area contributed by atoms with Crippen LogP contribution in [0.25, 0.3) is 0 Å². The molecule has 1 aromatic carbocycles. The van der Waals surface area contributed by atoms with E-state index in [1.807, 2.05) is 6.07 Å². The van der Waals surface area contributed by atoms with Gasteiger partial charge >= 0.3 is 0 Å². The summed E-state index contributed by atoms with van der Waals surface area (Å²) in [6.45, 7) is 2.16. The third-order valence-electron chi connectivity index (χ3n) is 3.64. The van der Waals surface area contributed by atoms with E-state index in [1.54, 1.807) is 0 Å². The molecule has 2 heteroatoms. The highest BCUT2D eigenvalue weighted by molar-refractivity contribution is 5.33. The Hall–Kier alpha value is -1.02. The molecule has 0 spiro atoms. The fourth-order valence-corrected chi connectivity index (χ4v) is 2.52. The maximum Gasteiger partial charge on any atom is 0.122 e. The van der Waals surface area contributed by atoms with Crippen LogP contribution in [0.3, 0.4) is 0 Å². The Balaban J connectivity index is 2.07. The van der Waals surface area contributed by atoms with Crippen molar-refractivity contribution in [1.29, 1.82) is 0 Å². The third kappa shape index (κ3) is 3.22. The molecule has 0 aromatic heterocycles. The molecule has 1 saturated carbocycles. The van der Waals surface area contributed by atoms with Crippen molar-refractivity contribution in [2.45, 2.75) is 57.6 Å². The van der Waals surface area contributed by atoms with Gasteiger partial charge in [0.15, 0.2) is 0 Å². The van der Waals surface area contributed by atoms with Crippen LogP contribution in [0.4, 0.5) is 0 Å². The van der Waals surface area contributed by atoms with Gasteiger partial charge < -0.3 is 10.5 Å². The van der Waals surface area contributed by atoms with E-state index in [1.165, 1.54) is 24.8 Å². The summed E-state index contributed by atoms with van der Waals surface area (Å²) in [6.07, 6.45) is 7.19. The first-order chi connectivity index (χ1) is 8.31. The van der Waals surface area contributed by atoms with Gasteiger partial charge in [-0.3, -0.25) is 0 Å². The first-order valence-corrected chi connectivity index (χ1v) is 6.81. The van der Waals surface area contributed by atoms with E-state index < -0.39 is 0 Å². The maximum atomic E-state index is 6.19. The fourth-order valence-electron chi connectivity index (χ4n) is 2.52. The van der Waals surface area contributed by atoms with Gasteiger partial charge in [0.2, 0.25) is 0 Å². The quantitative estimate of drug-likeness (QED) is 0.813. The summed E-state index contributed by atoms with van der Waals surface area (Å²) in [4.78, 5) is 0. The lowest BCUT2D eigenvalue weighted by molar-refractivity contribution is 0.161. The minimum absolute atomic E-state index is 0.197. The molecule has 2 atom stereocenters. The molecule has 0 amide bonds. The largest absolute Gasteiger partial charge is 0.489 e. The molecule has 0 aliphatic heterocycles. The van der Waals surface area contributed by atoms with Gasteiger partial charge in [0, 0.05) is 6.04 Å². The van der Waals surface area contributed by atoms with Crippen molar-refractivity contribution in [2.75, 3.05) is 0 Å². The van der Waals surface area contributed by atoms with Crippen molar-refractivity contribution in [3.05, 3.63) is 29.8 Å². The molecule has 17 heavy (non-hydrogen) atoms. The SMILES string of the molecule is CCc1ccccc1OC1CCCCCC1N. The van der Waals surface area contributed by atoms with Gasteiger partial charge in [0.05, 0.1) is 0 Å². The average Bonchev–Trinajstić information content (AvgIpc) is 2.56. The van der Waals surface area contributed by atoms with Gasteiger partial charge in [-0.1, -0.05) is 38.0 Å². The molecule has 2 unspecified atom stereocenters. The minimum Gasteiger partial charge on any atom is -0.489 e. The van der Waals surface area contributed by atoms with E-state index >= 15 is 0 Å². The summed E-state index contributed by atoms with van der Waals surface area (Å²) >= 11 is 0. The molecule has 1 aliphatic carbocycles. The average molecular weight is 233 g/mol. The van der Waals surface area contributed by atoms with E-state index in [-0.39, 0.29) is 12.1 Å². The first kappa shape index (κ1) is 12.4. The number of nitrogens with two attached hydrogens (primary N) is 1. The Morgan fingerprint density at radius 1 is 1.18 bits per heavy atom. The van der Waals surface area contributed by atoms with Crippen LogP contribution >= 0.6 is 0 Å². The van der Waals surface area contributed by atoms with Gasteiger partial charge in [-0.25, -0.2) is 0 Å². The molecule has 2 N–H and O–H groups in total. The summed E-state index contributed by atoms with van der Waals surface area (Å²) in [7, 11) is 0. The zero-order valence-corrected chi connectivity index (χ0v) is 10.7. The predicted molar refractivity (Wildman–Crippen MR) is 71.3 cm³/mol. The molecule has 0 heterocycles. The summed E-state index contributed by atoms with van der Waals surface area (Å²) in [5.74, 6) is 1.03. The van der Waals surface area contributed by atoms with Crippen molar-refractivity contribution in [3.8, 4) is 5.75 Å². The highest BCUT2D eigenvalue weighted by Crippen LogP contribution is 2.25. The second kappa shape index (κ2) is 6.06. The van der Waals surface area contributed by atoms with E-state index in [2.05, 4.69) is 25.1 Å². The van der Waals surface area contributed by atoms with Crippen LogP contribution in [0.5, 0.6) is 5.75 Å². The van der Waals surface area contributed by atoms with Crippen LogP contribution in [0, 0.1) is 0 Å². The predicted octanol–water partition coefficient (Wildman–Crippen LogP) is 3.29. The number of hydrogen-bond donors (Lipinski definition) is 1. The Morgan fingerprint density at radius 2 is 1.94 bits per heavy atom. The number of benzene rings is 1. The van der Waals surface area contributed by atoms with Crippen molar-refractivity contribution in [1.82, 2.24) is 0 Å². The van der Waals surface area contributed by atoms with Crippen LogP contribution in [-0.4, -0.2) is 12.1 Å². The van der Waals surface area contributed by atoms with Crippen LogP contribution in [-0.2, 0) is 6.42 Å². The van der Waals surface area contributed by atoms with Crippen molar-refractivity contribution in [2.24, 2.45) is 5.73 Å². The molecule has 0 saturated heterocycles. The van der Waals surface area contributed by atoms with Gasteiger partial charge in [0.25, 0.3) is 0 Å². The zero-order chi connectivity index (χ0) is 12.1. The second-order valence-corrected chi connectivity index (χ2v) is 4.92.